The Kier molecular flexibility index (Phi) is 5.04. The zero-order valence-corrected chi connectivity index (χ0v) is 17.8. The van der Waals surface area contributed by atoms with Crippen LogP contribution in [-0.4, -0.2) is 59.0 Å². The van der Waals surface area contributed by atoms with E-state index in [4.69, 9.17) is 4.74 Å². The summed E-state index contributed by atoms with van der Waals surface area (Å²) in [6.45, 7) is 4.88. The minimum Gasteiger partial charge on any atom is -0.489 e. The number of ether oxygens (including phenoxy) is 1. The van der Waals surface area contributed by atoms with Crippen LogP contribution in [-0.2, 0) is 4.79 Å². The predicted octanol–water partition coefficient (Wildman–Crippen LogP) is 3.49. The Balaban J connectivity index is 1.08. The van der Waals surface area contributed by atoms with Crippen molar-refractivity contribution in [3.05, 3.63) is 54.4 Å². The number of nitrogens with zero attached hydrogens (tertiary/aromatic N) is 3. The van der Waals surface area contributed by atoms with Crippen LogP contribution in [0, 0.1) is 5.41 Å². The topological polar surface area (TPSA) is 74.8 Å². The van der Waals surface area contributed by atoms with Gasteiger partial charge in [0.2, 0.25) is 5.91 Å². The maximum atomic E-state index is 12.5. The largest absolute Gasteiger partial charge is 0.489 e. The lowest BCUT2D eigenvalue weighted by Crippen LogP contribution is -2.50. The van der Waals surface area contributed by atoms with E-state index in [1.165, 1.54) is 5.56 Å². The van der Waals surface area contributed by atoms with Gasteiger partial charge in [-0.2, -0.15) is 0 Å². The SMILES string of the molecule is CC1(C(=O)N2CC[C@@H](Oc3ccc(NC(=O)N4CC(c5cccnc5)C4)cc3)C2)CC1. The summed E-state index contributed by atoms with van der Waals surface area (Å²) in [7, 11) is 0. The number of aromatic nitrogens is 1. The number of nitrogens with one attached hydrogen (secondary N) is 1. The van der Waals surface area contributed by atoms with E-state index in [1.807, 2.05) is 41.4 Å². The molecule has 3 aliphatic rings. The van der Waals surface area contributed by atoms with Crippen molar-refractivity contribution >= 4 is 17.6 Å². The van der Waals surface area contributed by atoms with Crippen LogP contribution in [0.25, 0.3) is 0 Å². The van der Waals surface area contributed by atoms with Crippen LogP contribution in [0.4, 0.5) is 10.5 Å². The van der Waals surface area contributed by atoms with E-state index >= 15 is 0 Å². The van der Waals surface area contributed by atoms with E-state index in [9.17, 15) is 9.59 Å². The molecular weight excluding hydrogens is 392 g/mol. The Hall–Kier alpha value is -3.09. The van der Waals surface area contributed by atoms with Gasteiger partial charge in [-0.1, -0.05) is 13.0 Å². The molecule has 7 nitrogen and oxygen atoms in total. The third-order valence-corrected chi connectivity index (χ3v) is 6.68. The fraction of sp³-hybridized carbons (Fsp3) is 0.458. The number of rotatable bonds is 5. The highest BCUT2D eigenvalue weighted by Crippen LogP contribution is 2.47. The molecule has 2 aliphatic heterocycles. The van der Waals surface area contributed by atoms with Crippen molar-refractivity contribution in [1.29, 1.82) is 0 Å². The van der Waals surface area contributed by atoms with Crippen LogP contribution in [0.2, 0.25) is 0 Å². The van der Waals surface area contributed by atoms with E-state index in [-0.39, 0.29) is 23.5 Å². The summed E-state index contributed by atoms with van der Waals surface area (Å²) in [6, 6.07) is 11.3. The van der Waals surface area contributed by atoms with Crippen molar-refractivity contribution in [1.82, 2.24) is 14.8 Å². The minimum absolute atomic E-state index is 0.0252. The highest BCUT2D eigenvalue weighted by atomic mass is 16.5. The predicted molar refractivity (Wildman–Crippen MR) is 117 cm³/mol. The monoisotopic (exact) mass is 420 g/mol. The van der Waals surface area contributed by atoms with Crippen LogP contribution in [0.5, 0.6) is 5.75 Å². The quantitative estimate of drug-likeness (QED) is 0.804. The summed E-state index contributed by atoms with van der Waals surface area (Å²) in [5, 5.41) is 2.95. The molecule has 0 radical (unpaired) electrons. The molecule has 7 heteroatoms. The highest BCUT2D eigenvalue weighted by Gasteiger charge is 2.48. The van der Waals surface area contributed by atoms with Crippen LogP contribution >= 0.6 is 0 Å². The lowest BCUT2D eigenvalue weighted by Gasteiger charge is -2.39. The summed E-state index contributed by atoms with van der Waals surface area (Å²) in [6.07, 6.45) is 6.51. The molecule has 1 atom stereocenters. The Morgan fingerprint density at radius 1 is 1.10 bits per heavy atom. The van der Waals surface area contributed by atoms with Gasteiger partial charge in [0.1, 0.15) is 11.9 Å². The first-order valence-corrected chi connectivity index (χ1v) is 11.0. The van der Waals surface area contributed by atoms with Gasteiger partial charge in [-0.3, -0.25) is 9.78 Å². The first-order chi connectivity index (χ1) is 15.0. The molecule has 2 aromatic rings. The molecular formula is C24H28N4O3. The number of likely N-dealkylation sites (tertiary alicyclic amines) is 2. The Morgan fingerprint density at radius 2 is 1.87 bits per heavy atom. The van der Waals surface area contributed by atoms with E-state index < -0.39 is 0 Å². The summed E-state index contributed by atoms with van der Waals surface area (Å²) in [4.78, 5) is 32.8. The lowest BCUT2D eigenvalue weighted by atomic mass is 9.93. The Bertz CT molecular complexity index is 953. The molecule has 1 aromatic heterocycles. The molecule has 2 saturated heterocycles. The molecule has 5 rings (SSSR count). The van der Waals surface area contributed by atoms with Gasteiger partial charge in [-0.05, 0) is 48.7 Å². The molecule has 1 aliphatic carbocycles. The van der Waals surface area contributed by atoms with E-state index in [1.54, 1.807) is 11.1 Å². The van der Waals surface area contributed by atoms with Gasteiger partial charge in [0, 0.05) is 55.5 Å². The van der Waals surface area contributed by atoms with Crippen LogP contribution in [0.15, 0.2) is 48.8 Å². The van der Waals surface area contributed by atoms with E-state index in [2.05, 4.69) is 23.3 Å². The second-order valence-corrected chi connectivity index (χ2v) is 9.18. The van der Waals surface area contributed by atoms with Crippen molar-refractivity contribution in [3.63, 3.8) is 0 Å². The number of pyridine rings is 1. The molecule has 162 valence electrons. The second-order valence-electron chi connectivity index (χ2n) is 9.18. The molecule has 31 heavy (non-hydrogen) atoms. The van der Waals surface area contributed by atoms with Gasteiger partial charge in [-0.15, -0.1) is 0 Å². The van der Waals surface area contributed by atoms with Crippen molar-refractivity contribution in [2.24, 2.45) is 5.41 Å². The molecule has 3 fully saturated rings. The third-order valence-electron chi connectivity index (χ3n) is 6.68. The number of hydrogen-bond donors (Lipinski definition) is 1. The van der Waals surface area contributed by atoms with Gasteiger partial charge in [-0.25, -0.2) is 4.79 Å². The molecule has 1 N–H and O–H groups in total. The summed E-state index contributed by atoms with van der Waals surface area (Å²) in [5.41, 5.74) is 1.79. The third kappa shape index (κ3) is 4.22. The first-order valence-electron chi connectivity index (χ1n) is 11.0. The highest BCUT2D eigenvalue weighted by molar-refractivity contribution is 5.90. The van der Waals surface area contributed by atoms with Crippen molar-refractivity contribution < 1.29 is 14.3 Å². The summed E-state index contributed by atoms with van der Waals surface area (Å²) < 4.78 is 6.07. The summed E-state index contributed by atoms with van der Waals surface area (Å²) in [5.74, 6) is 1.39. The zero-order chi connectivity index (χ0) is 21.4. The standard InChI is InChI=1S/C24H28N4O3/c1-24(9-10-24)22(29)27-12-8-21(16-27)31-20-6-4-19(5-7-20)26-23(30)28-14-18(15-28)17-3-2-11-25-13-17/h2-7,11,13,18,21H,8-10,12,14-16H2,1H3,(H,26,30)/t21-/m1/s1. The average Bonchev–Trinajstić information content (AvgIpc) is 3.33. The Morgan fingerprint density at radius 3 is 2.55 bits per heavy atom. The van der Waals surface area contributed by atoms with Gasteiger partial charge >= 0.3 is 6.03 Å². The maximum absolute atomic E-state index is 12.5. The van der Waals surface area contributed by atoms with Gasteiger partial charge < -0.3 is 19.9 Å². The fourth-order valence-corrected chi connectivity index (χ4v) is 4.28. The van der Waals surface area contributed by atoms with Gasteiger partial charge in [0.15, 0.2) is 0 Å². The van der Waals surface area contributed by atoms with E-state index in [0.717, 1.165) is 37.2 Å². The normalized spacial score (nSPS) is 22.0. The molecule has 3 heterocycles. The van der Waals surface area contributed by atoms with Gasteiger partial charge in [0.05, 0.1) is 6.54 Å². The number of hydrogen-bond acceptors (Lipinski definition) is 4. The molecule has 3 amide bonds. The van der Waals surface area contributed by atoms with Crippen molar-refractivity contribution in [2.45, 2.75) is 38.2 Å². The Labute approximate surface area is 182 Å². The zero-order valence-electron chi connectivity index (χ0n) is 17.8. The molecule has 0 spiro atoms. The van der Waals surface area contributed by atoms with Crippen LogP contribution < -0.4 is 10.1 Å². The average molecular weight is 421 g/mol. The number of carbonyl (C=O) groups is 2. The van der Waals surface area contributed by atoms with Crippen molar-refractivity contribution in [2.75, 3.05) is 31.5 Å². The number of benzene rings is 1. The first kappa shape index (κ1) is 19.8. The number of urea groups is 1. The molecule has 1 aromatic carbocycles. The van der Waals surface area contributed by atoms with Crippen LogP contribution in [0.3, 0.4) is 0 Å². The molecule has 0 unspecified atom stereocenters. The number of carbonyl (C=O) groups excluding carboxylic acids is 2. The lowest BCUT2D eigenvalue weighted by molar-refractivity contribution is -0.135. The summed E-state index contributed by atoms with van der Waals surface area (Å²) >= 11 is 0. The fourth-order valence-electron chi connectivity index (χ4n) is 4.28. The maximum Gasteiger partial charge on any atom is 0.321 e. The minimum atomic E-state index is -0.122. The van der Waals surface area contributed by atoms with Crippen LogP contribution in [0.1, 0.15) is 37.7 Å². The molecule has 1 saturated carbocycles. The number of amides is 3. The number of anilines is 1. The van der Waals surface area contributed by atoms with Gasteiger partial charge in [0.25, 0.3) is 0 Å². The smallest absolute Gasteiger partial charge is 0.321 e. The van der Waals surface area contributed by atoms with E-state index in [0.29, 0.717) is 25.6 Å². The molecule has 0 bridgehead atoms. The second kappa shape index (κ2) is 7.87. The van der Waals surface area contributed by atoms with Crippen molar-refractivity contribution in [3.8, 4) is 5.75 Å².